The standard InChI is InChI=1S/C22H22F3N5O3/c1-2-3-6-13-33-16-11-9-15(10-12-16)27-21-26-14-17(22(23,24)25)20(29-21)28-18-7-4-5-8-19(18)30(31)32/h4-5,7-12,14H,2-3,6,13H2,1H3,(H2,26,27,28,29). The second kappa shape index (κ2) is 10.6. The van der Waals surface area contributed by atoms with Gasteiger partial charge in [-0.2, -0.15) is 18.2 Å². The third kappa shape index (κ3) is 6.55. The zero-order valence-corrected chi connectivity index (χ0v) is 17.7. The maximum atomic E-state index is 13.5. The van der Waals surface area contributed by atoms with Gasteiger partial charge in [-0.05, 0) is 36.8 Å². The summed E-state index contributed by atoms with van der Waals surface area (Å²) in [6.45, 7) is 2.70. The predicted octanol–water partition coefficient (Wildman–Crippen LogP) is 6.46. The number of nitro benzene ring substituents is 1. The number of rotatable bonds is 10. The first-order chi connectivity index (χ1) is 15.8. The molecule has 0 aliphatic heterocycles. The van der Waals surface area contributed by atoms with Gasteiger partial charge in [0, 0.05) is 18.0 Å². The Kier molecular flexibility index (Phi) is 7.65. The van der Waals surface area contributed by atoms with Crippen LogP contribution in [0.1, 0.15) is 31.7 Å². The molecule has 33 heavy (non-hydrogen) atoms. The molecule has 0 amide bonds. The van der Waals surface area contributed by atoms with Crippen LogP contribution >= 0.6 is 0 Å². The van der Waals surface area contributed by atoms with E-state index < -0.39 is 22.5 Å². The molecule has 0 fully saturated rings. The van der Waals surface area contributed by atoms with Crippen LogP contribution in [-0.4, -0.2) is 21.5 Å². The number of para-hydroxylation sites is 2. The Labute approximate surface area is 188 Å². The molecule has 3 rings (SSSR count). The molecule has 174 valence electrons. The van der Waals surface area contributed by atoms with Crippen molar-refractivity contribution in [1.29, 1.82) is 0 Å². The lowest BCUT2D eigenvalue weighted by atomic mass is 10.2. The van der Waals surface area contributed by atoms with Crippen LogP contribution in [0.4, 0.5) is 42.0 Å². The van der Waals surface area contributed by atoms with E-state index in [1.54, 1.807) is 24.3 Å². The fraction of sp³-hybridized carbons (Fsp3) is 0.273. The van der Waals surface area contributed by atoms with Crippen molar-refractivity contribution in [2.45, 2.75) is 32.4 Å². The number of anilines is 4. The lowest BCUT2D eigenvalue weighted by molar-refractivity contribution is -0.383. The number of nitro groups is 1. The fourth-order valence-electron chi connectivity index (χ4n) is 2.92. The Morgan fingerprint density at radius 3 is 2.45 bits per heavy atom. The van der Waals surface area contributed by atoms with Crippen LogP contribution in [0.2, 0.25) is 0 Å². The highest BCUT2D eigenvalue weighted by atomic mass is 19.4. The second-order valence-corrected chi connectivity index (χ2v) is 7.06. The molecule has 0 unspecified atom stereocenters. The van der Waals surface area contributed by atoms with Crippen LogP contribution in [0.15, 0.2) is 54.7 Å². The summed E-state index contributed by atoms with van der Waals surface area (Å²) in [7, 11) is 0. The molecule has 3 aromatic rings. The van der Waals surface area contributed by atoms with E-state index in [1.807, 2.05) is 0 Å². The van der Waals surface area contributed by atoms with Gasteiger partial charge in [-0.3, -0.25) is 10.1 Å². The molecular formula is C22H22F3N5O3. The van der Waals surface area contributed by atoms with Gasteiger partial charge < -0.3 is 15.4 Å². The smallest absolute Gasteiger partial charge is 0.421 e. The molecular weight excluding hydrogens is 439 g/mol. The van der Waals surface area contributed by atoms with Crippen LogP contribution in [0.3, 0.4) is 0 Å². The number of nitrogens with one attached hydrogen (secondary N) is 2. The molecule has 0 aliphatic carbocycles. The first kappa shape index (κ1) is 23.8. The van der Waals surface area contributed by atoms with Crippen molar-refractivity contribution in [2.24, 2.45) is 0 Å². The van der Waals surface area contributed by atoms with Gasteiger partial charge in [0.2, 0.25) is 5.95 Å². The van der Waals surface area contributed by atoms with E-state index in [2.05, 4.69) is 27.5 Å². The molecule has 0 bridgehead atoms. The molecule has 0 saturated heterocycles. The number of aromatic nitrogens is 2. The minimum atomic E-state index is -4.76. The summed E-state index contributed by atoms with van der Waals surface area (Å²) in [4.78, 5) is 18.2. The van der Waals surface area contributed by atoms with Crippen molar-refractivity contribution in [3.8, 4) is 5.75 Å². The number of nitrogens with zero attached hydrogens (tertiary/aromatic N) is 3. The van der Waals surface area contributed by atoms with Gasteiger partial charge in [-0.1, -0.05) is 31.9 Å². The van der Waals surface area contributed by atoms with E-state index >= 15 is 0 Å². The van der Waals surface area contributed by atoms with Crippen LogP contribution in [0.5, 0.6) is 5.75 Å². The highest BCUT2D eigenvalue weighted by Gasteiger charge is 2.36. The maximum absolute atomic E-state index is 13.5. The predicted molar refractivity (Wildman–Crippen MR) is 118 cm³/mol. The number of ether oxygens (including phenoxy) is 1. The second-order valence-electron chi connectivity index (χ2n) is 7.06. The van der Waals surface area contributed by atoms with Crippen LogP contribution in [-0.2, 0) is 6.18 Å². The van der Waals surface area contributed by atoms with E-state index in [-0.39, 0.29) is 17.3 Å². The number of halogens is 3. The van der Waals surface area contributed by atoms with Gasteiger partial charge in [-0.15, -0.1) is 0 Å². The summed E-state index contributed by atoms with van der Waals surface area (Å²) < 4.78 is 46.1. The highest BCUT2D eigenvalue weighted by molar-refractivity contribution is 5.70. The monoisotopic (exact) mass is 461 g/mol. The van der Waals surface area contributed by atoms with Crippen molar-refractivity contribution in [2.75, 3.05) is 17.2 Å². The van der Waals surface area contributed by atoms with Gasteiger partial charge in [0.1, 0.15) is 22.8 Å². The van der Waals surface area contributed by atoms with E-state index in [1.165, 1.54) is 24.3 Å². The summed E-state index contributed by atoms with van der Waals surface area (Å²) in [5, 5.41) is 16.5. The third-order valence-corrected chi connectivity index (χ3v) is 4.58. The van der Waals surface area contributed by atoms with Gasteiger partial charge in [-0.25, -0.2) is 4.98 Å². The Hall–Kier alpha value is -3.89. The molecule has 0 atom stereocenters. The van der Waals surface area contributed by atoms with Crippen molar-refractivity contribution >= 4 is 28.8 Å². The SMILES string of the molecule is CCCCCOc1ccc(Nc2ncc(C(F)(F)F)c(Nc3ccccc3[N+](=O)[O-])n2)cc1. The number of unbranched alkanes of at least 4 members (excludes halogenated alkanes) is 2. The Bertz CT molecular complexity index is 1090. The molecule has 1 aromatic heterocycles. The van der Waals surface area contributed by atoms with Gasteiger partial charge >= 0.3 is 6.18 Å². The number of alkyl halides is 3. The molecule has 0 aliphatic rings. The van der Waals surface area contributed by atoms with Crippen molar-refractivity contribution < 1.29 is 22.8 Å². The normalized spacial score (nSPS) is 11.2. The first-order valence-corrected chi connectivity index (χ1v) is 10.2. The molecule has 0 spiro atoms. The molecule has 0 saturated carbocycles. The number of hydrogen-bond donors (Lipinski definition) is 2. The Morgan fingerprint density at radius 1 is 1.06 bits per heavy atom. The van der Waals surface area contributed by atoms with Crippen molar-refractivity contribution in [1.82, 2.24) is 9.97 Å². The summed E-state index contributed by atoms with van der Waals surface area (Å²) in [6, 6.07) is 12.2. The largest absolute Gasteiger partial charge is 0.494 e. The lowest BCUT2D eigenvalue weighted by Crippen LogP contribution is -2.13. The zero-order chi connectivity index (χ0) is 23.8. The van der Waals surface area contributed by atoms with E-state index in [4.69, 9.17) is 4.74 Å². The Morgan fingerprint density at radius 2 is 1.79 bits per heavy atom. The molecule has 1 heterocycles. The van der Waals surface area contributed by atoms with Crippen molar-refractivity contribution in [3.63, 3.8) is 0 Å². The quantitative estimate of drug-likeness (QED) is 0.203. The molecule has 2 aromatic carbocycles. The lowest BCUT2D eigenvalue weighted by Gasteiger charge is -2.15. The third-order valence-electron chi connectivity index (χ3n) is 4.58. The first-order valence-electron chi connectivity index (χ1n) is 10.2. The molecule has 0 radical (unpaired) electrons. The Balaban J connectivity index is 1.81. The summed E-state index contributed by atoms with van der Waals surface area (Å²) in [6.07, 6.45) is -1.02. The minimum absolute atomic E-state index is 0.110. The zero-order valence-electron chi connectivity index (χ0n) is 17.7. The summed E-state index contributed by atoms with van der Waals surface area (Å²) in [5.74, 6) is -0.0467. The maximum Gasteiger partial charge on any atom is 0.421 e. The highest BCUT2D eigenvalue weighted by Crippen LogP contribution is 2.37. The fourth-order valence-corrected chi connectivity index (χ4v) is 2.92. The van der Waals surface area contributed by atoms with E-state index in [9.17, 15) is 23.3 Å². The molecule has 2 N–H and O–H groups in total. The van der Waals surface area contributed by atoms with Crippen LogP contribution in [0, 0.1) is 10.1 Å². The van der Waals surface area contributed by atoms with Crippen LogP contribution < -0.4 is 15.4 Å². The number of benzene rings is 2. The van der Waals surface area contributed by atoms with Gasteiger partial charge in [0.15, 0.2) is 0 Å². The average molecular weight is 461 g/mol. The van der Waals surface area contributed by atoms with E-state index in [0.717, 1.165) is 19.3 Å². The van der Waals surface area contributed by atoms with Gasteiger partial charge in [0.25, 0.3) is 5.69 Å². The molecule has 8 nitrogen and oxygen atoms in total. The summed E-state index contributed by atoms with van der Waals surface area (Å²) in [5.41, 5.74) is -1.12. The van der Waals surface area contributed by atoms with Gasteiger partial charge in [0.05, 0.1) is 11.5 Å². The average Bonchev–Trinajstić information content (AvgIpc) is 2.77. The van der Waals surface area contributed by atoms with Crippen LogP contribution in [0.25, 0.3) is 0 Å². The summed E-state index contributed by atoms with van der Waals surface area (Å²) >= 11 is 0. The van der Waals surface area contributed by atoms with Crippen molar-refractivity contribution in [3.05, 3.63) is 70.4 Å². The molecule has 11 heteroatoms. The van der Waals surface area contributed by atoms with E-state index in [0.29, 0.717) is 24.2 Å². The topological polar surface area (TPSA) is 102 Å². The minimum Gasteiger partial charge on any atom is -0.494 e. The number of hydrogen-bond acceptors (Lipinski definition) is 7.